The Morgan fingerprint density at radius 1 is 1.05 bits per heavy atom. The van der Waals surface area contributed by atoms with E-state index >= 15 is 0 Å². The Bertz CT molecular complexity index is 644. The van der Waals surface area contributed by atoms with Gasteiger partial charge in [0.1, 0.15) is 0 Å². The van der Waals surface area contributed by atoms with Gasteiger partial charge < -0.3 is 15.4 Å². The van der Waals surface area contributed by atoms with E-state index in [-0.39, 0.29) is 0 Å². The van der Waals surface area contributed by atoms with Gasteiger partial charge >= 0.3 is 12.0 Å². The second kappa shape index (κ2) is 7.47. The molecule has 22 heavy (non-hydrogen) atoms. The summed E-state index contributed by atoms with van der Waals surface area (Å²) in [5.74, 6) is -0.544. The lowest BCUT2D eigenvalue weighted by molar-refractivity contribution is -0.143. The van der Waals surface area contributed by atoms with E-state index in [4.69, 9.17) is 16.3 Å². The van der Waals surface area contributed by atoms with Crippen LogP contribution >= 0.6 is 11.6 Å². The normalized spacial score (nSPS) is 11.4. The van der Waals surface area contributed by atoms with Gasteiger partial charge in [0.2, 0.25) is 0 Å². The molecule has 2 rings (SSSR count). The SMILES string of the molecule is COC(=O)[C@H](NC(=O)Nc1ccc(Cl)cc1)c1ccccc1. The van der Waals surface area contributed by atoms with Crippen LogP contribution in [0, 0.1) is 0 Å². The molecule has 0 radical (unpaired) electrons. The van der Waals surface area contributed by atoms with Gasteiger partial charge in [-0.2, -0.15) is 0 Å². The van der Waals surface area contributed by atoms with Crippen LogP contribution in [0.15, 0.2) is 54.6 Å². The zero-order valence-electron chi connectivity index (χ0n) is 11.9. The number of rotatable bonds is 4. The third-order valence-corrected chi connectivity index (χ3v) is 3.20. The van der Waals surface area contributed by atoms with Crippen molar-refractivity contribution in [2.45, 2.75) is 6.04 Å². The van der Waals surface area contributed by atoms with Crippen LogP contribution < -0.4 is 10.6 Å². The molecule has 2 aromatic rings. The summed E-state index contributed by atoms with van der Waals surface area (Å²) in [6.07, 6.45) is 0. The van der Waals surface area contributed by atoms with E-state index < -0.39 is 18.0 Å². The largest absolute Gasteiger partial charge is 0.467 e. The summed E-state index contributed by atoms with van der Waals surface area (Å²) in [7, 11) is 1.27. The van der Waals surface area contributed by atoms with Gasteiger partial charge in [0, 0.05) is 10.7 Å². The van der Waals surface area contributed by atoms with Crippen molar-refractivity contribution in [3.05, 3.63) is 65.2 Å². The number of anilines is 1. The third-order valence-electron chi connectivity index (χ3n) is 2.95. The molecular formula is C16H15ClN2O3. The molecule has 0 aliphatic rings. The van der Waals surface area contributed by atoms with Crippen molar-refractivity contribution in [3.8, 4) is 0 Å². The summed E-state index contributed by atoms with van der Waals surface area (Å²) >= 11 is 5.78. The van der Waals surface area contributed by atoms with E-state index in [0.29, 0.717) is 16.3 Å². The lowest BCUT2D eigenvalue weighted by atomic mass is 10.1. The second-order valence-corrected chi connectivity index (χ2v) is 4.91. The van der Waals surface area contributed by atoms with Crippen molar-refractivity contribution < 1.29 is 14.3 Å². The molecule has 0 saturated carbocycles. The first-order valence-electron chi connectivity index (χ1n) is 6.56. The Balaban J connectivity index is 2.08. The number of ether oxygens (including phenoxy) is 1. The quantitative estimate of drug-likeness (QED) is 0.849. The number of esters is 1. The topological polar surface area (TPSA) is 67.4 Å². The highest BCUT2D eigenvalue weighted by Crippen LogP contribution is 2.16. The lowest BCUT2D eigenvalue weighted by Gasteiger charge is -2.17. The highest BCUT2D eigenvalue weighted by atomic mass is 35.5. The molecule has 0 aromatic heterocycles. The van der Waals surface area contributed by atoms with E-state index in [1.54, 1.807) is 48.5 Å². The van der Waals surface area contributed by atoms with Gasteiger partial charge in [0.05, 0.1) is 7.11 Å². The van der Waals surface area contributed by atoms with Crippen LogP contribution in [0.1, 0.15) is 11.6 Å². The Labute approximate surface area is 133 Å². The number of amides is 2. The third kappa shape index (κ3) is 4.23. The zero-order chi connectivity index (χ0) is 15.9. The van der Waals surface area contributed by atoms with Gasteiger partial charge in [-0.15, -0.1) is 0 Å². The minimum Gasteiger partial charge on any atom is -0.467 e. The van der Waals surface area contributed by atoms with Gasteiger partial charge in [-0.3, -0.25) is 0 Å². The minimum absolute atomic E-state index is 0.512. The molecule has 0 bridgehead atoms. The molecule has 0 aliphatic carbocycles. The minimum atomic E-state index is -0.876. The number of urea groups is 1. The molecule has 5 nitrogen and oxygen atoms in total. The van der Waals surface area contributed by atoms with Crippen LogP contribution in [0.2, 0.25) is 5.02 Å². The maximum Gasteiger partial charge on any atom is 0.333 e. The van der Waals surface area contributed by atoms with Crippen molar-refractivity contribution in [1.82, 2.24) is 5.32 Å². The number of benzene rings is 2. The van der Waals surface area contributed by atoms with E-state index in [0.717, 1.165) is 0 Å². The van der Waals surface area contributed by atoms with Crippen LogP contribution in [-0.2, 0) is 9.53 Å². The van der Waals surface area contributed by atoms with Crippen LogP contribution in [0.5, 0.6) is 0 Å². The highest BCUT2D eigenvalue weighted by molar-refractivity contribution is 6.30. The lowest BCUT2D eigenvalue weighted by Crippen LogP contribution is -2.37. The van der Waals surface area contributed by atoms with E-state index in [9.17, 15) is 9.59 Å². The fraction of sp³-hybridized carbons (Fsp3) is 0.125. The fourth-order valence-corrected chi connectivity index (χ4v) is 2.00. The smallest absolute Gasteiger partial charge is 0.333 e. The molecular weight excluding hydrogens is 304 g/mol. The van der Waals surface area contributed by atoms with E-state index in [1.807, 2.05) is 6.07 Å². The van der Waals surface area contributed by atoms with Crippen molar-refractivity contribution >= 4 is 29.3 Å². The van der Waals surface area contributed by atoms with E-state index in [2.05, 4.69) is 10.6 Å². The van der Waals surface area contributed by atoms with Crippen molar-refractivity contribution in [2.24, 2.45) is 0 Å². The molecule has 0 heterocycles. The molecule has 6 heteroatoms. The summed E-state index contributed by atoms with van der Waals surface area (Å²) in [6, 6.07) is 14.1. The predicted octanol–water partition coefficient (Wildman–Crippen LogP) is 3.38. The summed E-state index contributed by atoms with van der Waals surface area (Å²) in [5, 5.41) is 5.79. The summed E-state index contributed by atoms with van der Waals surface area (Å²) in [4.78, 5) is 23.9. The molecule has 0 unspecified atom stereocenters. The standard InChI is InChI=1S/C16H15ClN2O3/c1-22-15(20)14(11-5-3-2-4-6-11)19-16(21)18-13-9-7-12(17)8-10-13/h2-10,14H,1H3,(H2,18,19,21)/t14-/m1/s1. The van der Waals surface area contributed by atoms with Crippen molar-refractivity contribution in [2.75, 3.05) is 12.4 Å². The Kier molecular flexibility index (Phi) is 5.38. The molecule has 0 aliphatic heterocycles. The summed E-state index contributed by atoms with van der Waals surface area (Å²) < 4.78 is 4.73. The number of methoxy groups -OCH3 is 1. The number of hydrogen-bond acceptors (Lipinski definition) is 3. The van der Waals surface area contributed by atoms with Crippen LogP contribution in [-0.4, -0.2) is 19.1 Å². The summed E-state index contributed by atoms with van der Waals surface area (Å²) in [6.45, 7) is 0. The van der Waals surface area contributed by atoms with Gasteiger partial charge in [-0.05, 0) is 29.8 Å². The number of halogens is 1. The van der Waals surface area contributed by atoms with Gasteiger partial charge in [-0.25, -0.2) is 9.59 Å². The maximum absolute atomic E-state index is 12.0. The monoisotopic (exact) mass is 318 g/mol. The Morgan fingerprint density at radius 2 is 1.68 bits per heavy atom. The number of carbonyl (C=O) groups excluding carboxylic acids is 2. The molecule has 0 saturated heterocycles. The molecule has 0 spiro atoms. The van der Waals surface area contributed by atoms with Crippen LogP contribution in [0.3, 0.4) is 0 Å². The first-order valence-corrected chi connectivity index (χ1v) is 6.94. The predicted molar refractivity (Wildman–Crippen MR) is 84.8 cm³/mol. The molecule has 2 amide bonds. The second-order valence-electron chi connectivity index (χ2n) is 4.47. The highest BCUT2D eigenvalue weighted by Gasteiger charge is 2.23. The number of hydrogen-bond donors (Lipinski definition) is 2. The average Bonchev–Trinajstić information content (AvgIpc) is 2.55. The molecule has 2 N–H and O–H groups in total. The van der Waals surface area contributed by atoms with Crippen LogP contribution in [0.25, 0.3) is 0 Å². The van der Waals surface area contributed by atoms with Gasteiger partial charge in [0.15, 0.2) is 6.04 Å². The molecule has 0 fully saturated rings. The zero-order valence-corrected chi connectivity index (χ0v) is 12.6. The average molecular weight is 319 g/mol. The molecule has 1 atom stereocenters. The Hall–Kier alpha value is -2.53. The summed E-state index contributed by atoms with van der Waals surface area (Å²) in [5.41, 5.74) is 1.21. The van der Waals surface area contributed by atoms with Crippen molar-refractivity contribution in [1.29, 1.82) is 0 Å². The fourth-order valence-electron chi connectivity index (χ4n) is 1.87. The first kappa shape index (κ1) is 15.9. The van der Waals surface area contributed by atoms with Crippen LogP contribution in [0.4, 0.5) is 10.5 Å². The van der Waals surface area contributed by atoms with Gasteiger partial charge in [-0.1, -0.05) is 41.9 Å². The maximum atomic E-state index is 12.0. The number of carbonyl (C=O) groups is 2. The van der Waals surface area contributed by atoms with Gasteiger partial charge in [0.25, 0.3) is 0 Å². The number of nitrogens with one attached hydrogen (secondary N) is 2. The molecule has 114 valence electrons. The Morgan fingerprint density at radius 3 is 2.27 bits per heavy atom. The van der Waals surface area contributed by atoms with E-state index in [1.165, 1.54) is 7.11 Å². The first-order chi connectivity index (χ1) is 10.6. The molecule has 2 aromatic carbocycles. The van der Waals surface area contributed by atoms with Crippen molar-refractivity contribution in [3.63, 3.8) is 0 Å².